The Kier molecular flexibility index (Phi) is 4.36. The molecular formula is C18H23ClN2O2Si. The van der Waals surface area contributed by atoms with E-state index in [0.717, 1.165) is 22.7 Å². The zero-order chi connectivity index (χ0) is 17.5. The van der Waals surface area contributed by atoms with Crippen LogP contribution in [0.4, 0.5) is 0 Å². The van der Waals surface area contributed by atoms with Crippen molar-refractivity contribution in [2.24, 2.45) is 0 Å². The van der Waals surface area contributed by atoms with Gasteiger partial charge in [0.05, 0.1) is 6.61 Å². The first-order valence-corrected chi connectivity index (χ1v) is 11.3. The molecule has 0 unspecified atom stereocenters. The maximum absolute atomic E-state index is 6.22. The Morgan fingerprint density at radius 3 is 2.62 bits per heavy atom. The van der Waals surface area contributed by atoms with E-state index in [4.69, 9.17) is 20.4 Å². The van der Waals surface area contributed by atoms with E-state index >= 15 is 0 Å². The molecule has 0 aliphatic heterocycles. The number of hydrogen-bond donors (Lipinski definition) is 0. The standard InChI is InChI=1S/C18H23ClN2O2Si/c1-18(2,3)24(4,5)22-12-14-7-8-15(23-14)13-6-9-17-20-16(19)11-21(17)10-13/h6-11H,12H2,1-5H3. The van der Waals surface area contributed by atoms with Gasteiger partial charge >= 0.3 is 0 Å². The van der Waals surface area contributed by atoms with Gasteiger partial charge in [0.1, 0.15) is 22.3 Å². The highest BCUT2D eigenvalue weighted by atomic mass is 35.5. The van der Waals surface area contributed by atoms with Gasteiger partial charge in [-0.1, -0.05) is 32.4 Å². The summed E-state index contributed by atoms with van der Waals surface area (Å²) < 4.78 is 14.1. The van der Waals surface area contributed by atoms with Gasteiger partial charge in [-0.2, -0.15) is 0 Å². The van der Waals surface area contributed by atoms with Crippen molar-refractivity contribution in [3.63, 3.8) is 0 Å². The van der Waals surface area contributed by atoms with Crippen molar-refractivity contribution in [1.82, 2.24) is 9.38 Å². The molecule has 6 heteroatoms. The van der Waals surface area contributed by atoms with Crippen molar-refractivity contribution >= 4 is 25.6 Å². The van der Waals surface area contributed by atoms with Gasteiger partial charge in [0.25, 0.3) is 0 Å². The van der Waals surface area contributed by atoms with Gasteiger partial charge in [0.2, 0.25) is 0 Å². The van der Waals surface area contributed by atoms with Crippen LogP contribution in [0.1, 0.15) is 26.5 Å². The molecule has 0 saturated heterocycles. The van der Waals surface area contributed by atoms with Crippen LogP contribution < -0.4 is 0 Å². The number of furan rings is 1. The van der Waals surface area contributed by atoms with E-state index in [-0.39, 0.29) is 5.04 Å². The summed E-state index contributed by atoms with van der Waals surface area (Å²) in [7, 11) is -1.78. The predicted octanol–water partition coefficient (Wildman–Crippen LogP) is 5.77. The van der Waals surface area contributed by atoms with Gasteiger partial charge in [-0.15, -0.1) is 0 Å². The lowest BCUT2D eigenvalue weighted by atomic mass is 10.2. The summed E-state index contributed by atoms with van der Waals surface area (Å²) in [6.45, 7) is 11.7. The molecule has 3 aromatic rings. The molecule has 0 N–H and O–H groups in total. The molecule has 4 nitrogen and oxygen atoms in total. The Labute approximate surface area is 148 Å². The van der Waals surface area contributed by atoms with Crippen LogP contribution in [0.3, 0.4) is 0 Å². The quantitative estimate of drug-likeness (QED) is 0.553. The lowest BCUT2D eigenvalue weighted by Gasteiger charge is -2.35. The van der Waals surface area contributed by atoms with E-state index < -0.39 is 8.32 Å². The largest absolute Gasteiger partial charge is 0.459 e. The number of imidazole rings is 1. The monoisotopic (exact) mass is 362 g/mol. The van der Waals surface area contributed by atoms with Crippen molar-refractivity contribution < 1.29 is 8.84 Å². The number of nitrogens with zero attached hydrogens (tertiary/aromatic N) is 2. The number of pyridine rings is 1. The minimum atomic E-state index is -1.78. The van der Waals surface area contributed by atoms with Crippen molar-refractivity contribution in [2.45, 2.75) is 45.5 Å². The van der Waals surface area contributed by atoms with Gasteiger partial charge < -0.3 is 13.2 Å². The smallest absolute Gasteiger partial charge is 0.192 e. The van der Waals surface area contributed by atoms with Gasteiger partial charge in [-0.3, -0.25) is 0 Å². The fourth-order valence-electron chi connectivity index (χ4n) is 2.19. The molecule has 0 bridgehead atoms. The maximum atomic E-state index is 6.22. The molecule has 0 fully saturated rings. The zero-order valence-corrected chi connectivity index (χ0v) is 16.5. The second kappa shape index (κ2) is 6.06. The first kappa shape index (κ1) is 17.3. The maximum Gasteiger partial charge on any atom is 0.192 e. The summed E-state index contributed by atoms with van der Waals surface area (Å²) >= 11 is 5.94. The number of hydrogen-bond acceptors (Lipinski definition) is 3. The summed E-state index contributed by atoms with van der Waals surface area (Å²) in [4.78, 5) is 4.21. The highest BCUT2D eigenvalue weighted by Gasteiger charge is 2.37. The SMILES string of the molecule is CC(C)(C)[Si](C)(C)OCc1ccc(-c2ccc3nc(Cl)cn3c2)o1. The summed E-state index contributed by atoms with van der Waals surface area (Å²) in [5.41, 5.74) is 1.80. The average Bonchev–Trinajstić information content (AvgIpc) is 3.08. The first-order chi connectivity index (χ1) is 11.2. The zero-order valence-electron chi connectivity index (χ0n) is 14.8. The minimum absolute atomic E-state index is 0.189. The molecule has 3 heterocycles. The summed E-state index contributed by atoms with van der Waals surface area (Å²) in [5.74, 6) is 1.66. The molecule has 0 radical (unpaired) electrons. The van der Waals surface area contributed by atoms with Crippen LogP contribution in [0.25, 0.3) is 17.0 Å². The molecule has 3 rings (SSSR count). The molecule has 0 aliphatic rings. The third kappa shape index (κ3) is 3.43. The van der Waals surface area contributed by atoms with Crippen LogP contribution in [0.2, 0.25) is 23.3 Å². The second-order valence-electron chi connectivity index (χ2n) is 7.56. The van der Waals surface area contributed by atoms with Gasteiger partial charge in [-0.05, 0) is 42.4 Å². The Morgan fingerprint density at radius 2 is 1.92 bits per heavy atom. The molecule has 24 heavy (non-hydrogen) atoms. The van der Waals surface area contributed by atoms with Crippen molar-refractivity contribution in [1.29, 1.82) is 0 Å². The number of fused-ring (bicyclic) bond motifs is 1. The van der Waals surface area contributed by atoms with E-state index in [9.17, 15) is 0 Å². The molecule has 0 amide bonds. The van der Waals surface area contributed by atoms with E-state index in [1.807, 2.05) is 34.9 Å². The number of aromatic nitrogens is 2. The van der Waals surface area contributed by atoms with Crippen LogP contribution >= 0.6 is 11.6 Å². The highest BCUT2D eigenvalue weighted by Crippen LogP contribution is 2.37. The van der Waals surface area contributed by atoms with Crippen molar-refractivity contribution in [2.75, 3.05) is 0 Å². The molecule has 0 aliphatic carbocycles. The normalized spacial score (nSPS) is 12.9. The minimum Gasteiger partial charge on any atom is -0.459 e. The van der Waals surface area contributed by atoms with Gasteiger partial charge in [-0.25, -0.2) is 4.98 Å². The molecule has 0 saturated carbocycles. The van der Waals surface area contributed by atoms with Crippen molar-refractivity contribution in [3.05, 3.63) is 47.6 Å². The first-order valence-electron chi connectivity index (χ1n) is 8.03. The molecular weight excluding hydrogens is 340 g/mol. The number of halogens is 1. The van der Waals surface area contributed by atoms with E-state index in [0.29, 0.717) is 11.8 Å². The average molecular weight is 363 g/mol. The summed E-state index contributed by atoms with van der Waals surface area (Å²) in [6.07, 6.45) is 3.75. The highest BCUT2D eigenvalue weighted by molar-refractivity contribution is 6.74. The van der Waals surface area contributed by atoms with Crippen LogP contribution in [0.5, 0.6) is 0 Å². The third-order valence-corrected chi connectivity index (χ3v) is 9.41. The molecule has 0 atom stereocenters. The molecule has 3 aromatic heterocycles. The van der Waals surface area contributed by atoms with E-state index in [1.165, 1.54) is 0 Å². The lowest BCUT2D eigenvalue weighted by Crippen LogP contribution is -2.40. The second-order valence-corrected chi connectivity index (χ2v) is 12.8. The molecule has 0 aromatic carbocycles. The van der Waals surface area contributed by atoms with Crippen LogP contribution in [-0.4, -0.2) is 17.7 Å². The predicted molar refractivity (Wildman–Crippen MR) is 99.9 cm³/mol. The fourth-order valence-corrected chi connectivity index (χ4v) is 3.31. The lowest BCUT2D eigenvalue weighted by molar-refractivity contribution is 0.247. The van der Waals surface area contributed by atoms with Crippen LogP contribution in [-0.2, 0) is 11.0 Å². The fraction of sp³-hybridized carbons (Fsp3) is 0.389. The summed E-state index contributed by atoms with van der Waals surface area (Å²) in [5, 5.41) is 0.670. The van der Waals surface area contributed by atoms with Gasteiger partial charge in [0.15, 0.2) is 8.32 Å². The number of rotatable bonds is 4. The molecule has 0 spiro atoms. The topological polar surface area (TPSA) is 39.7 Å². The van der Waals surface area contributed by atoms with Crippen LogP contribution in [0, 0.1) is 0 Å². The Balaban J connectivity index is 1.77. The Bertz CT molecular complexity index is 861. The van der Waals surface area contributed by atoms with E-state index in [2.05, 4.69) is 38.8 Å². The van der Waals surface area contributed by atoms with Crippen molar-refractivity contribution in [3.8, 4) is 11.3 Å². The Morgan fingerprint density at radius 1 is 1.17 bits per heavy atom. The van der Waals surface area contributed by atoms with Gasteiger partial charge in [0, 0.05) is 18.0 Å². The third-order valence-electron chi connectivity index (χ3n) is 4.75. The molecule has 128 valence electrons. The van der Waals surface area contributed by atoms with Crippen LogP contribution in [0.15, 0.2) is 41.1 Å². The van der Waals surface area contributed by atoms with E-state index in [1.54, 1.807) is 6.20 Å². The summed E-state index contributed by atoms with van der Waals surface area (Å²) in [6, 6.07) is 7.86. The Hall–Kier alpha value is -1.56.